The zero-order valence-electron chi connectivity index (χ0n) is 53.7. The number of esters is 1. The summed E-state index contributed by atoms with van der Waals surface area (Å²) >= 11 is 0. The van der Waals surface area contributed by atoms with Gasteiger partial charge in [-0.1, -0.05) is 53.2 Å². The lowest BCUT2D eigenvalue weighted by atomic mass is 9.32. The average molecular weight is 1360 g/mol. The van der Waals surface area contributed by atoms with Crippen molar-refractivity contribution in [2.45, 2.75) is 264 Å². The molecule has 94 heavy (non-hydrogen) atoms. The number of carbonyl (C=O) groups is 1. The van der Waals surface area contributed by atoms with E-state index in [1.807, 2.05) is 20.8 Å². The molecule has 5 aliphatic carbocycles. The van der Waals surface area contributed by atoms with E-state index in [0.717, 1.165) is 5.57 Å². The van der Waals surface area contributed by atoms with Gasteiger partial charge in [0.2, 0.25) is 6.29 Å². The van der Waals surface area contributed by atoms with E-state index in [9.17, 15) is 97.0 Å². The molecule has 6 heterocycles. The summed E-state index contributed by atoms with van der Waals surface area (Å²) in [5, 5.41) is 212. The van der Waals surface area contributed by atoms with Crippen LogP contribution in [0, 0.1) is 50.2 Å². The van der Waals surface area contributed by atoms with Crippen molar-refractivity contribution in [3.8, 4) is 0 Å². The van der Waals surface area contributed by atoms with Crippen LogP contribution in [0.5, 0.6) is 0 Å². The van der Waals surface area contributed by atoms with E-state index in [4.69, 9.17) is 56.8 Å². The van der Waals surface area contributed by atoms with Crippen molar-refractivity contribution in [1.29, 1.82) is 0 Å². The van der Waals surface area contributed by atoms with Crippen LogP contribution in [0.15, 0.2) is 11.6 Å². The molecule has 36 atom stereocenters. The van der Waals surface area contributed by atoms with Gasteiger partial charge in [0.25, 0.3) is 0 Å². The minimum Gasteiger partial charge on any atom is -0.432 e. The summed E-state index contributed by atoms with van der Waals surface area (Å²) in [5.41, 5.74) is -9.77. The first-order valence-corrected chi connectivity index (χ1v) is 32.7. The van der Waals surface area contributed by atoms with E-state index in [1.54, 1.807) is 6.92 Å². The zero-order valence-corrected chi connectivity index (χ0v) is 53.7. The van der Waals surface area contributed by atoms with E-state index in [0.29, 0.717) is 19.3 Å². The Morgan fingerprint density at radius 3 is 1.70 bits per heavy atom. The Morgan fingerprint density at radius 2 is 1.11 bits per heavy atom. The fourth-order valence-electron chi connectivity index (χ4n) is 18.8. The molecule has 540 valence electrons. The summed E-state index contributed by atoms with van der Waals surface area (Å²) in [7, 11) is 0. The second-order valence-corrected chi connectivity index (χ2v) is 30.6. The number of ether oxygens (including phenoxy) is 12. The molecule has 6 aliphatic heterocycles. The molecule has 0 aromatic heterocycles. The predicted molar refractivity (Wildman–Crippen MR) is 308 cm³/mol. The number of aliphatic hydroxyl groups excluding tert-OH is 17. The molecule has 0 aromatic carbocycles. The number of aliphatic hydroxyl groups is 19. The van der Waals surface area contributed by atoms with Gasteiger partial charge in [-0.05, 0) is 85.4 Å². The highest BCUT2D eigenvalue weighted by molar-refractivity contribution is 5.80. The van der Waals surface area contributed by atoms with Crippen LogP contribution in [0.3, 0.4) is 0 Å². The maximum absolute atomic E-state index is 15.5. The molecular formula is C62H100O32. The molecule has 11 aliphatic rings. The number of allylic oxidation sites excluding steroid dienone is 2. The Balaban J connectivity index is 0.798. The Morgan fingerprint density at radius 1 is 0.543 bits per heavy atom. The molecule has 4 saturated carbocycles. The molecular weight excluding hydrogens is 1260 g/mol. The highest BCUT2D eigenvalue weighted by Crippen LogP contribution is 2.76. The van der Waals surface area contributed by atoms with Crippen LogP contribution in [-0.2, 0) is 61.6 Å². The smallest absolute Gasteiger partial charge is 0.317 e. The van der Waals surface area contributed by atoms with E-state index in [1.165, 1.54) is 6.92 Å². The molecule has 0 spiro atoms. The first-order valence-electron chi connectivity index (χ1n) is 32.7. The lowest BCUT2D eigenvalue weighted by Crippen LogP contribution is -2.73. The summed E-state index contributed by atoms with van der Waals surface area (Å²) in [6.07, 6.45) is -39.6. The van der Waals surface area contributed by atoms with Crippen molar-refractivity contribution < 1.29 is 159 Å². The van der Waals surface area contributed by atoms with Gasteiger partial charge in [0.05, 0.1) is 83.4 Å². The molecule has 11 rings (SSSR count). The van der Waals surface area contributed by atoms with Gasteiger partial charge in [-0.25, -0.2) is 0 Å². The third kappa shape index (κ3) is 11.8. The lowest BCUT2D eigenvalue weighted by molar-refractivity contribution is -0.372. The monoisotopic (exact) mass is 1360 g/mol. The van der Waals surface area contributed by atoms with Gasteiger partial charge in [0, 0.05) is 11.3 Å². The Bertz CT molecular complexity index is 2700. The molecule has 0 aromatic rings. The molecule has 10 fully saturated rings. The van der Waals surface area contributed by atoms with Crippen molar-refractivity contribution in [1.82, 2.24) is 0 Å². The quantitative estimate of drug-likeness (QED) is 0.0388. The molecule has 0 amide bonds. The minimum atomic E-state index is -2.10. The Kier molecular flexibility index (Phi) is 20.6. The highest BCUT2D eigenvalue weighted by Gasteiger charge is 2.75. The maximum Gasteiger partial charge on any atom is 0.317 e. The summed E-state index contributed by atoms with van der Waals surface area (Å²) in [6.45, 7) is 7.77. The van der Waals surface area contributed by atoms with Crippen molar-refractivity contribution in [2.75, 3.05) is 52.9 Å². The molecule has 32 heteroatoms. The summed E-state index contributed by atoms with van der Waals surface area (Å²) < 4.78 is 70.0. The number of hydrogen-bond acceptors (Lipinski definition) is 32. The zero-order chi connectivity index (χ0) is 68.7. The topological polar surface area (TPSA) is 512 Å². The third-order valence-corrected chi connectivity index (χ3v) is 24.3. The normalized spacial score (nSPS) is 55.8. The second-order valence-electron chi connectivity index (χ2n) is 30.6. The van der Waals surface area contributed by atoms with Crippen LogP contribution in [0.2, 0.25) is 0 Å². The van der Waals surface area contributed by atoms with E-state index >= 15 is 4.79 Å². The van der Waals surface area contributed by atoms with Crippen molar-refractivity contribution in [3.05, 3.63) is 11.6 Å². The fraction of sp³-hybridized carbons (Fsp3) is 0.952. The minimum absolute atomic E-state index is 0.0256. The van der Waals surface area contributed by atoms with Crippen LogP contribution < -0.4 is 0 Å². The number of hydrogen-bond donors (Lipinski definition) is 19. The number of rotatable bonds is 16. The van der Waals surface area contributed by atoms with Crippen LogP contribution in [-0.4, -0.2) is 327 Å². The van der Waals surface area contributed by atoms with Gasteiger partial charge in [-0.15, -0.1) is 0 Å². The average Bonchev–Trinajstić information content (AvgIpc) is 0.761. The summed E-state index contributed by atoms with van der Waals surface area (Å²) in [5.74, 6) is -2.82. The standard InChI is InChI=1S/C62H100O32/c1-24-40(89-48-39(77)41(30(70)18-83-48)90-52-45(78)60(81,20-65)22-85-52)35(73)37(75)49(87-24)92-43-34(72)29(69)17-84-51(43)94-54(80)62-11-10-55(2,3)12-26(62)25-8-9-32-56(4)13-28(68)47(57(5,19-64)44(56)27(67)14-59(32,7)58(25,6)15-33(62)71)93-50-38(76)36(74)42(31(16-63)88-50)91-53-46(79)61(82,21-66)23-86-53/h8,24,26-53,63-79,81-82H,9-23H2,1-7H3. The van der Waals surface area contributed by atoms with Gasteiger partial charge in [-0.2, -0.15) is 0 Å². The van der Waals surface area contributed by atoms with Gasteiger partial charge >= 0.3 is 5.97 Å². The van der Waals surface area contributed by atoms with Gasteiger partial charge in [-0.3, -0.25) is 4.79 Å². The molecule has 0 radical (unpaired) electrons. The predicted octanol–water partition coefficient (Wildman–Crippen LogP) is -6.91. The van der Waals surface area contributed by atoms with E-state index in [2.05, 4.69) is 19.9 Å². The highest BCUT2D eigenvalue weighted by atomic mass is 16.8. The van der Waals surface area contributed by atoms with Crippen LogP contribution in [0.1, 0.15) is 93.4 Å². The molecule has 36 unspecified atom stereocenters. The van der Waals surface area contributed by atoms with Crippen LogP contribution in [0.4, 0.5) is 0 Å². The Hall–Kier alpha value is -1.99. The SMILES string of the molecule is CC1OC(OC2C(OC(=O)C34CCC(C)(C)CC3C3=CCC5C6(C)CC(O)C(OC7OC(CO)C(OC8OCC(O)(CO)C8O)C(O)C7O)C(C)(CO)C6C(O)CC5(C)C3(C)CC4O)OCC(O)C2O)C(O)C(O)C1OC1OCC(O)C(OC2OCC(O)(CO)C2O)C1O. The molecule has 19 N–H and O–H groups in total. The van der Waals surface area contributed by atoms with Crippen LogP contribution >= 0.6 is 0 Å². The maximum atomic E-state index is 15.5. The second kappa shape index (κ2) is 26.4. The third-order valence-electron chi connectivity index (χ3n) is 24.3. The molecule has 6 saturated heterocycles. The summed E-state index contributed by atoms with van der Waals surface area (Å²) in [4.78, 5) is 15.5. The van der Waals surface area contributed by atoms with Crippen molar-refractivity contribution in [2.24, 2.45) is 50.2 Å². The van der Waals surface area contributed by atoms with E-state index < -0.39 is 274 Å². The lowest BCUT2D eigenvalue weighted by Gasteiger charge is -2.73. The van der Waals surface area contributed by atoms with Crippen LogP contribution in [0.25, 0.3) is 0 Å². The first kappa shape index (κ1) is 73.2. The van der Waals surface area contributed by atoms with Crippen molar-refractivity contribution >= 4 is 5.97 Å². The number of carbonyl (C=O) groups excluding carboxylic acids is 1. The molecule has 32 nitrogen and oxygen atoms in total. The largest absolute Gasteiger partial charge is 0.432 e. The molecule has 0 bridgehead atoms. The Labute approximate surface area is 542 Å². The summed E-state index contributed by atoms with van der Waals surface area (Å²) in [6, 6.07) is 0. The number of fused-ring (bicyclic) bond motifs is 7. The fourth-order valence-corrected chi connectivity index (χ4v) is 18.8. The van der Waals surface area contributed by atoms with E-state index in [-0.39, 0.29) is 31.6 Å². The van der Waals surface area contributed by atoms with Gasteiger partial charge in [0.1, 0.15) is 102 Å². The first-order chi connectivity index (χ1) is 44.0. The van der Waals surface area contributed by atoms with Gasteiger partial charge in [0.15, 0.2) is 37.6 Å². The van der Waals surface area contributed by atoms with Crippen molar-refractivity contribution in [3.63, 3.8) is 0 Å². The van der Waals surface area contributed by atoms with Gasteiger partial charge < -0.3 is 154 Å².